The minimum Gasteiger partial charge on any atom is -0.353 e. The summed E-state index contributed by atoms with van der Waals surface area (Å²) in [5.74, 6) is -3.30. The third-order valence-electron chi connectivity index (χ3n) is 6.60. The van der Waals surface area contributed by atoms with Gasteiger partial charge < -0.3 is 15.5 Å². The zero-order valence-electron chi connectivity index (χ0n) is 21.9. The van der Waals surface area contributed by atoms with Gasteiger partial charge in [-0.25, -0.2) is 18.4 Å². The van der Waals surface area contributed by atoms with Crippen molar-refractivity contribution in [1.29, 1.82) is 0 Å². The molecule has 1 fully saturated rings. The standard InChI is InChI=1S/C28H28F2N6O3S/c1-17-15-36(16-18(2)33-17)26-8-4-7-23(35-26)24-10-9-20-13-31-21(12-25(20)34-24)14-32-27(37)19-5-3-6-22(11-19)40(38,39)28(29)30/h3-13,17-18,28,33H,14-16H2,1-2H3,(H,32,37)/t17-,18+. The number of hydrogen-bond acceptors (Lipinski definition) is 8. The van der Waals surface area contributed by atoms with E-state index in [1.807, 2.05) is 30.3 Å². The first-order valence-corrected chi connectivity index (χ1v) is 14.3. The summed E-state index contributed by atoms with van der Waals surface area (Å²) < 4.78 is 49.3. The Morgan fingerprint density at radius 2 is 1.75 bits per heavy atom. The minimum absolute atomic E-state index is 0.0274. The smallest absolute Gasteiger partial charge is 0.341 e. The van der Waals surface area contributed by atoms with Crippen LogP contribution in [0.4, 0.5) is 14.6 Å². The van der Waals surface area contributed by atoms with Crippen molar-refractivity contribution < 1.29 is 22.0 Å². The van der Waals surface area contributed by atoms with Crippen molar-refractivity contribution >= 4 is 32.5 Å². The highest BCUT2D eigenvalue weighted by Crippen LogP contribution is 2.24. The van der Waals surface area contributed by atoms with Gasteiger partial charge in [-0.1, -0.05) is 12.1 Å². The Bertz CT molecular complexity index is 1660. The number of anilines is 1. The SMILES string of the molecule is C[C@@H]1CN(c2cccc(-c3ccc4cnc(CNC(=O)c5cccc(S(=O)(=O)C(F)F)c5)cc4n3)n2)C[C@H](C)N1. The van der Waals surface area contributed by atoms with Crippen molar-refractivity contribution in [3.05, 3.63) is 78.1 Å². The average molecular weight is 567 g/mol. The van der Waals surface area contributed by atoms with Gasteiger partial charge in [0.25, 0.3) is 5.91 Å². The number of nitrogens with one attached hydrogen (secondary N) is 2. The number of carbonyl (C=O) groups excluding carboxylic acids is 1. The quantitative estimate of drug-likeness (QED) is 0.347. The van der Waals surface area contributed by atoms with E-state index in [4.69, 9.17) is 9.97 Å². The van der Waals surface area contributed by atoms with Gasteiger partial charge in [-0.3, -0.25) is 9.78 Å². The van der Waals surface area contributed by atoms with Crippen LogP contribution in [0.2, 0.25) is 0 Å². The fourth-order valence-electron chi connectivity index (χ4n) is 4.74. The van der Waals surface area contributed by atoms with Crippen LogP contribution in [0.3, 0.4) is 0 Å². The number of carbonyl (C=O) groups is 1. The van der Waals surface area contributed by atoms with E-state index in [2.05, 4.69) is 34.4 Å². The lowest BCUT2D eigenvalue weighted by molar-refractivity contribution is 0.0950. The van der Waals surface area contributed by atoms with Crippen LogP contribution < -0.4 is 15.5 Å². The predicted molar refractivity (Wildman–Crippen MR) is 148 cm³/mol. The lowest BCUT2D eigenvalue weighted by Gasteiger charge is -2.37. The van der Waals surface area contributed by atoms with Crippen molar-refractivity contribution in [1.82, 2.24) is 25.6 Å². The summed E-state index contributed by atoms with van der Waals surface area (Å²) in [5.41, 5.74) is 2.57. The van der Waals surface area contributed by atoms with Gasteiger partial charge in [0.15, 0.2) is 0 Å². The van der Waals surface area contributed by atoms with Crippen LogP contribution in [0.15, 0.2) is 71.8 Å². The minimum atomic E-state index is -4.81. The molecule has 9 nitrogen and oxygen atoms in total. The molecule has 3 aromatic heterocycles. The van der Waals surface area contributed by atoms with Crippen molar-refractivity contribution in [2.75, 3.05) is 18.0 Å². The van der Waals surface area contributed by atoms with Crippen LogP contribution in [-0.4, -0.2) is 60.2 Å². The molecule has 0 radical (unpaired) electrons. The van der Waals surface area contributed by atoms with Gasteiger partial charge in [0, 0.05) is 42.3 Å². The van der Waals surface area contributed by atoms with Gasteiger partial charge in [-0.05, 0) is 62.4 Å². The molecular weight excluding hydrogens is 538 g/mol. The third kappa shape index (κ3) is 5.92. The number of alkyl halides is 2. The molecule has 0 bridgehead atoms. The van der Waals surface area contributed by atoms with Gasteiger partial charge in [0.1, 0.15) is 5.82 Å². The lowest BCUT2D eigenvalue weighted by Crippen LogP contribution is -2.54. The van der Waals surface area contributed by atoms with E-state index in [0.29, 0.717) is 29.0 Å². The molecule has 0 unspecified atom stereocenters. The second-order valence-corrected chi connectivity index (χ2v) is 11.8. The van der Waals surface area contributed by atoms with E-state index < -0.39 is 26.4 Å². The van der Waals surface area contributed by atoms with Gasteiger partial charge >= 0.3 is 5.76 Å². The maximum absolute atomic E-state index is 12.9. The van der Waals surface area contributed by atoms with Crippen LogP contribution in [0.1, 0.15) is 29.9 Å². The molecule has 0 spiro atoms. The van der Waals surface area contributed by atoms with Crippen molar-refractivity contribution in [3.8, 4) is 11.4 Å². The number of rotatable bonds is 7. The molecule has 2 atom stereocenters. The zero-order valence-corrected chi connectivity index (χ0v) is 22.7. The van der Waals surface area contributed by atoms with E-state index in [0.717, 1.165) is 42.1 Å². The number of benzene rings is 1. The summed E-state index contributed by atoms with van der Waals surface area (Å²) in [7, 11) is -4.81. The van der Waals surface area contributed by atoms with Crippen LogP contribution in [-0.2, 0) is 16.4 Å². The number of fused-ring (bicyclic) bond motifs is 1. The highest BCUT2D eigenvalue weighted by atomic mass is 32.2. The van der Waals surface area contributed by atoms with E-state index in [1.54, 1.807) is 12.3 Å². The van der Waals surface area contributed by atoms with E-state index >= 15 is 0 Å². The van der Waals surface area contributed by atoms with Crippen LogP contribution >= 0.6 is 0 Å². The first-order chi connectivity index (χ1) is 19.1. The van der Waals surface area contributed by atoms with Crippen molar-refractivity contribution in [2.45, 2.75) is 43.1 Å². The molecule has 0 saturated carbocycles. The topological polar surface area (TPSA) is 117 Å². The number of nitrogens with zero attached hydrogens (tertiary/aromatic N) is 4. The van der Waals surface area contributed by atoms with E-state index in [9.17, 15) is 22.0 Å². The molecule has 0 aliphatic carbocycles. The number of aromatic nitrogens is 3. The monoisotopic (exact) mass is 566 g/mol. The van der Waals surface area contributed by atoms with E-state index in [1.165, 1.54) is 12.1 Å². The Balaban J connectivity index is 1.33. The number of hydrogen-bond donors (Lipinski definition) is 2. The average Bonchev–Trinajstić information content (AvgIpc) is 2.95. The molecule has 40 heavy (non-hydrogen) atoms. The Hall–Kier alpha value is -4.03. The van der Waals surface area contributed by atoms with Gasteiger partial charge in [-0.15, -0.1) is 0 Å². The largest absolute Gasteiger partial charge is 0.353 e. The Morgan fingerprint density at radius 3 is 2.50 bits per heavy atom. The predicted octanol–water partition coefficient (Wildman–Crippen LogP) is 3.80. The molecule has 1 amide bonds. The molecule has 208 valence electrons. The molecule has 1 saturated heterocycles. The molecule has 4 heterocycles. The summed E-state index contributed by atoms with van der Waals surface area (Å²) in [6.07, 6.45) is 1.65. The maximum Gasteiger partial charge on any atom is 0.341 e. The van der Waals surface area contributed by atoms with E-state index in [-0.39, 0.29) is 12.1 Å². The Kier molecular flexibility index (Phi) is 7.72. The summed E-state index contributed by atoms with van der Waals surface area (Å²) in [4.78, 5) is 28.3. The number of halogens is 2. The van der Waals surface area contributed by atoms with Crippen molar-refractivity contribution in [3.63, 3.8) is 0 Å². The molecule has 12 heteroatoms. The number of piperazine rings is 1. The summed E-state index contributed by atoms with van der Waals surface area (Å²) in [6.45, 7) is 6.05. The number of amides is 1. The molecule has 5 rings (SSSR count). The maximum atomic E-state index is 12.9. The molecule has 4 aromatic rings. The van der Waals surface area contributed by atoms with Crippen LogP contribution in [0, 0.1) is 0 Å². The summed E-state index contributed by atoms with van der Waals surface area (Å²) in [6, 6.07) is 16.7. The second kappa shape index (κ2) is 11.2. The molecular formula is C28H28F2N6O3S. The highest BCUT2D eigenvalue weighted by molar-refractivity contribution is 7.91. The third-order valence-corrected chi connectivity index (χ3v) is 7.98. The number of sulfone groups is 1. The van der Waals surface area contributed by atoms with Crippen molar-refractivity contribution in [2.24, 2.45) is 0 Å². The van der Waals surface area contributed by atoms with Gasteiger partial charge in [0.2, 0.25) is 9.84 Å². The number of pyridine rings is 3. The fraction of sp³-hybridized carbons (Fsp3) is 0.286. The zero-order chi connectivity index (χ0) is 28.4. The normalized spacial score (nSPS) is 17.8. The second-order valence-electron chi connectivity index (χ2n) is 9.84. The molecule has 2 N–H and O–H groups in total. The molecule has 1 aliphatic heterocycles. The first kappa shape index (κ1) is 27.5. The van der Waals surface area contributed by atoms with Gasteiger partial charge in [0.05, 0.1) is 34.0 Å². The summed E-state index contributed by atoms with van der Waals surface area (Å²) in [5, 5.41) is 6.98. The Labute approximate surface area is 230 Å². The fourth-order valence-corrected chi connectivity index (χ4v) is 5.51. The molecule has 1 aromatic carbocycles. The van der Waals surface area contributed by atoms with Gasteiger partial charge in [-0.2, -0.15) is 8.78 Å². The molecule has 1 aliphatic rings. The first-order valence-electron chi connectivity index (χ1n) is 12.7. The lowest BCUT2D eigenvalue weighted by atomic mass is 10.1. The van der Waals surface area contributed by atoms with Crippen LogP contribution in [0.5, 0.6) is 0 Å². The van der Waals surface area contributed by atoms with Crippen LogP contribution in [0.25, 0.3) is 22.3 Å². The highest BCUT2D eigenvalue weighted by Gasteiger charge is 2.27. The summed E-state index contributed by atoms with van der Waals surface area (Å²) >= 11 is 0. The Morgan fingerprint density at radius 1 is 1.02 bits per heavy atom.